The lowest BCUT2D eigenvalue weighted by Crippen LogP contribution is -2.12. The standard InChI is InChI=1S/C17H20N2OS2/c20-16(9-2-1-7-14-10-12-21-22-14)19-15-8-3-5-13-6-4-11-18-17(13)15/h3-6,8,11,14H,1-2,7,9-10,12H2,(H,19,20). The fourth-order valence-corrected chi connectivity index (χ4v) is 5.67. The second kappa shape index (κ2) is 7.88. The van der Waals surface area contributed by atoms with E-state index in [1.54, 1.807) is 6.20 Å². The van der Waals surface area contributed by atoms with Gasteiger partial charge in [0.25, 0.3) is 0 Å². The van der Waals surface area contributed by atoms with Crippen LogP contribution in [0, 0.1) is 0 Å². The quantitative estimate of drug-likeness (QED) is 0.604. The van der Waals surface area contributed by atoms with Gasteiger partial charge in [0, 0.05) is 29.0 Å². The number of carbonyl (C=O) groups is 1. The summed E-state index contributed by atoms with van der Waals surface area (Å²) >= 11 is 0. The Kier molecular flexibility index (Phi) is 5.62. The molecule has 0 saturated carbocycles. The Morgan fingerprint density at radius 2 is 2.18 bits per heavy atom. The van der Waals surface area contributed by atoms with Crippen LogP contribution in [0.4, 0.5) is 5.69 Å². The van der Waals surface area contributed by atoms with Gasteiger partial charge in [0.1, 0.15) is 0 Å². The van der Waals surface area contributed by atoms with E-state index in [0.717, 1.165) is 34.7 Å². The summed E-state index contributed by atoms with van der Waals surface area (Å²) < 4.78 is 0. The first-order chi connectivity index (χ1) is 10.8. The fourth-order valence-electron chi connectivity index (χ4n) is 2.64. The number of hydrogen-bond donors (Lipinski definition) is 1. The molecule has 0 aliphatic carbocycles. The zero-order valence-corrected chi connectivity index (χ0v) is 14.1. The van der Waals surface area contributed by atoms with Gasteiger partial charge in [0.2, 0.25) is 5.91 Å². The van der Waals surface area contributed by atoms with Gasteiger partial charge in [-0.25, -0.2) is 0 Å². The van der Waals surface area contributed by atoms with Crippen molar-refractivity contribution in [1.29, 1.82) is 0 Å². The minimum atomic E-state index is 0.0894. The Morgan fingerprint density at radius 1 is 1.27 bits per heavy atom. The van der Waals surface area contributed by atoms with Crippen LogP contribution in [0.2, 0.25) is 0 Å². The number of nitrogens with one attached hydrogen (secondary N) is 1. The van der Waals surface area contributed by atoms with Crippen LogP contribution in [0.15, 0.2) is 36.5 Å². The number of benzene rings is 1. The minimum absolute atomic E-state index is 0.0894. The SMILES string of the molecule is O=C(CCCCC1CCSS1)Nc1cccc2cccnc12. The van der Waals surface area contributed by atoms with Gasteiger partial charge < -0.3 is 5.32 Å². The number of pyridine rings is 1. The van der Waals surface area contributed by atoms with Crippen LogP contribution in [-0.2, 0) is 4.79 Å². The van der Waals surface area contributed by atoms with Crippen LogP contribution >= 0.6 is 21.6 Å². The maximum absolute atomic E-state index is 12.1. The molecule has 2 aromatic rings. The Bertz CT molecular complexity index is 636. The van der Waals surface area contributed by atoms with Gasteiger partial charge in [-0.15, -0.1) is 0 Å². The number of carbonyl (C=O) groups excluding carboxylic acids is 1. The molecule has 1 atom stereocenters. The van der Waals surface area contributed by atoms with E-state index in [2.05, 4.69) is 10.3 Å². The van der Waals surface area contributed by atoms with Gasteiger partial charge in [-0.1, -0.05) is 46.2 Å². The number of hydrogen-bond acceptors (Lipinski definition) is 4. The van der Waals surface area contributed by atoms with Crippen molar-refractivity contribution in [1.82, 2.24) is 4.98 Å². The first kappa shape index (κ1) is 15.7. The van der Waals surface area contributed by atoms with Crippen molar-refractivity contribution >= 4 is 44.1 Å². The summed E-state index contributed by atoms with van der Waals surface area (Å²) in [7, 11) is 3.99. The smallest absolute Gasteiger partial charge is 0.224 e. The second-order valence-corrected chi connectivity index (χ2v) is 8.29. The largest absolute Gasteiger partial charge is 0.324 e. The van der Waals surface area contributed by atoms with E-state index in [1.807, 2.05) is 51.9 Å². The van der Waals surface area contributed by atoms with Gasteiger partial charge in [-0.2, -0.15) is 0 Å². The van der Waals surface area contributed by atoms with Crippen LogP contribution in [0.3, 0.4) is 0 Å². The number of amides is 1. The van der Waals surface area contributed by atoms with E-state index in [4.69, 9.17) is 0 Å². The minimum Gasteiger partial charge on any atom is -0.324 e. The van der Waals surface area contributed by atoms with Gasteiger partial charge in [-0.3, -0.25) is 9.78 Å². The maximum atomic E-state index is 12.1. The molecule has 1 aliphatic rings. The average molecular weight is 332 g/mol. The molecule has 1 saturated heterocycles. The summed E-state index contributed by atoms with van der Waals surface area (Å²) in [4.78, 5) is 16.5. The molecule has 5 heteroatoms. The molecule has 0 radical (unpaired) electrons. The summed E-state index contributed by atoms with van der Waals surface area (Å²) in [5.41, 5.74) is 1.67. The molecule has 3 nitrogen and oxygen atoms in total. The van der Waals surface area contributed by atoms with Crippen LogP contribution in [0.1, 0.15) is 32.1 Å². The van der Waals surface area contributed by atoms with Crippen molar-refractivity contribution in [2.24, 2.45) is 0 Å². The van der Waals surface area contributed by atoms with Gasteiger partial charge >= 0.3 is 0 Å². The third-order valence-corrected chi connectivity index (χ3v) is 6.82. The number of aromatic nitrogens is 1. The van der Waals surface area contributed by atoms with Crippen molar-refractivity contribution < 1.29 is 4.79 Å². The van der Waals surface area contributed by atoms with E-state index in [1.165, 1.54) is 18.6 Å². The summed E-state index contributed by atoms with van der Waals surface area (Å²) in [5, 5.41) is 4.86. The Labute approximate surface area is 139 Å². The summed E-state index contributed by atoms with van der Waals surface area (Å²) in [5.74, 6) is 1.37. The molecule has 1 aromatic carbocycles. The number of nitrogens with zero attached hydrogens (tertiary/aromatic N) is 1. The number of unbranched alkanes of at least 4 members (excludes halogenated alkanes) is 1. The van der Waals surface area contributed by atoms with E-state index in [-0.39, 0.29) is 5.91 Å². The molecule has 0 spiro atoms. The Hall–Kier alpha value is -1.20. The van der Waals surface area contributed by atoms with Crippen LogP contribution in [-0.4, -0.2) is 21.9 Å². The average Bonchev–Trinajstić information content (AvgIpc) is 3.05. The summed E-state index contributed by atoms with van der Waals surface area (Å²) in [6.45, 7) is 0. The first-order valence-electron chi connectivity index (χ1n) is 7.75. The van der Waals surface area contributed by atoms with Crippen molar-refractivity contribution in [3.63, 3.8) is 0 Å². The van der Waals surface area contributed by atoms with Crippen molar-refractivity contribution in [2.45, 2.75) is 37.4 Å². The zero-order chi connectivity index (χ0) is 15.2. The highest BCUT2D eigenvalue weighted by Gasteiger charge is 2.16. The predicted molar refractivity (Wildman–Crippen MR) is 97.3 cm³/mol. The normalized spacial score (nSPS) is 17.7. The lowest BCUT2D eigenvalue weighted by atomic mass is 10.1. The van der Waals surface area contributed by atoms with Crippen molar-refractivity contribution in [2.75, 3.05) is 11.1 Å². The summed E-state index contributed by atoms with van der Waals surface area (Å²) in [6.07, 6.45) is 7.01. The van der Waals surface area contributed by atoms with E-state index < -0.39 is 0 Å². The van der Waals surface area contributed by atoms with Crippen LogP contribution in [0.25, 0.3) is 10.9 Å². The number of anilines is 1. The molecule has 1 unspecified atom stereocenters. The molecule has 1 aromatic heterocycles. The lowest BCUT2D eigenvalue weighted by molar-refractivity contribution is -0.116. The third-order valence-electron chi connectivity index (χ3n) is 3.81. The number of fused-ring (bicyclic) bond motifs is 1. The Morgan fingerprint density at radius 3 is 3.05 bits per heavy atom. The van der Waals surface area contributed by atoms with Gasteiger partial charge in [0.05, 0.1) is 11.2 Å². The van der Waals surface area contributed by atoms with Crippen LogP contribution in [0.5, 0.6) is 0 Å². The predicted octanol–water partition coefficient (Wildman–Crippen LogP) is 4.89. The highest BCUT2D eigenvalue weighted by Crippen LogP contribution is 2.39. The molecule has 1 fully saturated rings. The molecule has 1 N–H and O–H groups in total. The molecule has 22 heavy (non-hydrogen) atoms. The molecular formula is C17H20N2OS2. The molecule has 0 bridgehead atoms. The third kappa shape index (κ3) is 4.17. The van der Waals surface area contributed by atoms with E-state index >= 15 is 0 Å². The molecule has 1 amide bonds. The van der Waals surface area contributed by atoms with Crippen molar-refractivity contribution in [3.8, 4) is 0 Å². The van der Waals surface area contributed by atoms with Gasteiger partial charge in [0.15, 0.2) is 0 Å². The van der Waals surface area contributed by atoms with Crippen molar-refractivity contribution in [3.05, 3.63) is 36.5 Å². The second-order valence-electron chi connectivity index (χ2n) is 5.50. The number of para-hydroxylation sites is 1. The number of rotatable bonds is 6. The highest BCUT2D eigenvalue weighted by molar-refractivity contribution is 8.77. The summed E-state index contributed by atoms with van der Waals surface area (Å²) in [6, 6.07) is 9.80. The highest BCUT2D eigenvalue weighted by atomic mass is 33.1. The zero-order valence-electron chi connectivity index (χ0n) is 12.5. The topological polar surface area (TPSA) is 42.0 Å². The van der Waals surface area contributed by atoms with Crippen LogP contribution < -0.4 is 5.32 Å². The Balaban J connectivity index is 1.48. The molecule has 1 aliphatic heterocycles. The molecule has 3 rings (SSSR count). The van der Waals surface area contributed by atoms with Gasteiger partial charge in [-0.05, 0) is 31.4 Å². The monoisotopic (exact) mass is 332 g/mol. The molecule has 2 heterocycles. The van der Waals surface area contributed by atoms with E-state index in [0.29, 0.717) is 6.42 Å². The lowest BCUT2D eigenvalue weighted by Gasteiger charge is -2.09. The van der Waals surface area contributed by atoms with E-state index in [9.17, 15) is 4.79 Å². The molecule has 116 valence electrons. The maximum Gasteiger partial charge on any atom is 0.224 e. The first-order valence-corrected chi connectivity index (χ1v) is 10.1. The fraction of sp³-hybridized carbons (Fsp3) is 0.412. The molecular weight excluding hydrogens is 312 g/mol.